The van der Waals surface area contributed by atoms with E-state index in [0.29, 0.717) is 17.9 Å². The molecule has 1 aromatic carbocycles. The highest BCUT2D eigenvalue weighted by Gasteiger charge is 2.15. The number of hydrazine groups is 1. The molecule has 0 radical (unpaired) electrons. The molecule has 9 nitrogen and oxygen atoms in total. The van der Waals surface area contributed by atoms with Crippen molar-refractivity contribution in [1.29, 1.82) is 0 Å². The maximum atomic E-state index is 11.8. The first-order chi connectivity index (χ1) is 10.5. The molecule has 2 aromatic rings. The van der Waals surface area contributed by atoms with Crippen LogP contribution >= 0.6 is 0 Å². The third-order valence-electron chi connectivity index (χ3n) is 2.91. The zero-order chi connectivity index (χ0) is 16.3. The van der Waals surface area contributed by atoms with E-state index < -0.39 is 11.5 Å². The van der Waals surface area contributed by atoms with Crippen LogP contribution in [0.3, 0.4) is 0 Å². The number of aromatic nitrogens is 2. The second-order valence-corrected chi connectivity index (χ2v) is 4.33. The molecule has 1 heterocycles. The van der Waals surface area contributed by atoms with E-state index in [1.165, 1.54) is 12.1 Å². The lowest BCUT2D eigenvalue weighted by Gasteiger charge is -2.12. The van der Waals surface area contributed by atoms with Gasteiger partial charge in [0.25, 0.3) is 5.56 Å². The summed E-state index contributed by atoms with van der Waals surface area (Å²) < 4.78 is 5.47. The molecule has 1 aromatic heterocycles. The van der Waals surface area contributed by atoms with Gasteiger partial charge >= 0.3 is 0 Å². The average Bonchev–Trinajstić information content (AvgIpc) is 2.50. The number of nitrogens with one attached hydrogen (secondary N) is 2. The van der Waals surface area contributed by atoms with E-state index in [1.54, 1.807) is 13.0 Å². The second kappa shape index (κ2) is 6.14. The highest BCUT2D eigenvalue weighted by atomic mass is 16.5. The van der Waals surface area contributed by atoms with Gasteiger partial charge in [0.1, 0.15) is 17.3 Å². The lowest BCUT2D eigenvalue weighted by Crippen LogP contribution is -2.20. The van der Waals surface area contributed by atoms with E-state index in [-0.39, 0.29) is 22.9 Å². The number of ether oxygens (including phenoxy) is 1. The van der Waals surface area contributed by atoms with E-state index >= 15 is 0 Å². The molecular weight excluding hydrogens is 288 g/mol. The van der Waals surface area contributed by atoms with Crippen LogP contribution in [0.25, 0.3) is 11.4 Å². The minimum absolute atomic E-state index is 0.0418. The molecule has 0 atom stereocenters. The molecule has 0 aliphatic carbocycles. The summed E-state index contributed by atoms with van der Waals surface area (Å²) in [4.78, 5) is 29.7. The average molecular weight is 304 g/mol. The number of aromatic amines is 1. The Bertz CT molecular complexity index is 771. The van der Waals surface area contributed by atoms with E-state index in [1.807, 2.05) is 0 Å². The number of anilines is 2. The molecule has 0 saturated carbocycles. The number of H-pyrrole nitrogens is 1. The molecule has 22 heavy (non-hydrogen) atoms. The van der Waals surface area contributed by atoms with Crippen molar-refractivity contribution >= 4 is 17.4 Å². The SMILES string of the molecule is CCOc1cc(C(N)=O)ccc1-c1nc(NN)c(N)c(=O)[nH]1. The van der Waals surface area contributed by atoms with Gasteiger partial charge in [-0.05, 0) is 25.1 Å². The van der Waals surface area contributed by atoms with Crippen molar-refractivity contribution in [2.75, 3.05) is 17.8 Å². The van der Waals surface area contributed by atoms with Gasteiger partial charge in [0.15, 0.2) is 5.82 Å². The van der Waals surface area contributed by atoms with Crippen molar-refractivity contribution in [2.45, 2.75) is 6.92 Å². The number of nitrogens with zero attached hydrogens (tertiary/aromatic N) is 1. The minimum Gasteiger partial charge on any atom is -0.493 e. The predicted octanol–water partition coefficient (Wildman–Crippen LogP) is -0.198. The topological polar surface area (TPSA) is 162 Å². The fraction of sp³-hybridized carbons (Fsp3) is 0.154. The largest absolute Gasteiger partial charge is 0.493 e. The summed E-state index contributed by atoms with van der Waals surface area (Å²) >= 11 is 0. The predicted molar refractivity (Wildman–Crippen MR) is 82.2 cm³/mol. The lowest BCUT2D eigenvalue weighted by atomic mass is 10.1. The highest BCUT2D eigenvalue weighted by molar-refractivity contribution is 5.94. The van der Waals surface area contributed by atoms with Crippen molar-refractivity contribution in [3.63, 3.8) is 0 Å². The van der Waals surface area contributed by atoms with Crippen LogP contribution in [-0.2, 0) is 0 Å². The zero-order valence-electron chi connectivity index (χ0n) is 11.8. The summed E-state index contributed by atoms with van der Waals surface area (Å²) in [5, 5.41) is 0. The number of nitrogens with two attached hydrogens (primary N) is 3. The van der Waals surface area contributed by atoms with Crippen LogP contribution in [0.4, 0.5) is 11.5 Å². The van der Waals surface area contributed by atoms with Gasteiger partial charge in [-0.3, -0.25) is 9.59 Å². The van der Waals surface area contributed by atoms with E-state index in [9.17, 15) is 9.59 Å². The number of carbonyl (C=O) groups excluding carboxylic acids is 1. The fourth-order valence-corrected chi connectivity index (χ4v) is 1.87. The van der Waals surface area contributed by atoms with E-state index in [4.69, 9.17) is 22.0 Å². The summed E-state index contributed by atoms with van der Waals surface area (Å²) in [7, 11) is 0. The quantitative estimate of drug-likeness (QED) is 0.377. The third kappa shape index (κ3) is 2.83. The van der Waals surface area contributed by atoms with Crippen molar-refractivity contribution in [1.82, 2.24) is 9.97 Å². The lowest BCUT2D eigenvalue weighted by molar-refractivity contribution is 0.1000. The monoisotopic (exact) mass is 304 g/mol. The Morgan fingerprint density at radius 3 is 2.77 bits per heavy atom. The van der Waals surface area contributed by atoms with Gasteiger partial charge in [0.2, 0.25) is 5.91 Å². The van der Waals surface area contributed by atoms with Crippen molar-refractivity contribution in [3.05, 3.63) is 34.1 Å². The van der Waals surface area contributed by atoms with Crippen molar-refractivity contribution < 1.29 is 9.53 Å². The molecule has 1 amide bonds. The number of rotatable bonds is 5. The standard InChI is InChI=1S/C13H16N6O3/c1-2-22-8-5-6(10(15)20)3-4-7(8)11-17-12(19-16)9(14)13(21)18-11/h3-5H,2,14,16H2,1H3,(H2,15,20)(H2,17,18,19,21). The second-order valence-electron chi connectivity index (χ2n) is 4.33. The Hall–Kier alpha value is -3.07. The Kier molecular flexibility index (Phi) is 4.28. The summed E-state index contributed by atoms with van der Waals surface area (Å²) in [6, 6.07) is 4.55. The van der Waals surface area contributed by atoms with Gasteiger partial charge in [0, 0.05) is 5.56 Å². The Morgan fingerprint density at radius 1 is 1.45 bits per heavy atom. The first-order valence-electron chi connectivity index (χ1n) is 6.41. The molecule has 9 heteroatoms. The minimum atomic E-state index is -0.587. The van der Waals surface area contributed by atoms with Crippen LogP contribution in [0.5, 0.6) is 5.75 Å². The van der Waals surface area contributed by atoms with Gasteiger partial charge in [-0.1, -0.05) is 0 Å². The molecule has 0 aliphatic rings. The highest BCUT2D eigenvalue weighted by Crippen LogP contribution is 2.29. The Morgan fingerprint density at radius 2 is 2.18 bits per heavy atom. The van der Waals surface area contributed by atoms with Gasteiger partial charge in [0.05, 0.1) is 12.2 Å². The first kappa shape index (κ1) is 15.3. The number of hydrogen-bond donors (Lipinski definition) is 5. The normalized spacial score (nSPS) is 10.3. The van der Waals surface area contributed by atoms with Crippen LogP contribution in [0.2, 0.25) is 0 Å². The summed E-state index contributed by atoms with van der Waals surface area (Å²) in [6.07, 6.45) is 0. The van der Waals surface area contributed by atoms with Crippen LogP contribution in [0.15, 0.2) is 23.0 Å². The Balaban J connectivity index is 2.63. The molecule has 0 saturated heterocycles. The number of primary amides is 1. The third-order valence-corrected chi connectivity index (χ3v) is 2.91. The summed E-state index contributed by atoms with van der Waals surface area (Å²) in [5.41, 5.74) is 13.1. The molecule has 0 fully saturated rings. The molecule has 0 unspecified atom stereocenters. The zero-order valence-corrected chi connectivity index (χ0v) is 11.8. The maximum Gasteiger partial charge on any atom is 0.276 e. The molecule has 0 bridgehead atoms. The van der Waals surface area contributed by atoms with Crippen molar-refractivity contribution in [3.8, 4) is 17.1 Å². The molecule has 0 aliphatic heterocycles. The molecule has 0 spiro atoms. The van der Waals surface area contributed by atoms with Gasteiger partial charge in [-0.25, -0.2) is 10.8 Å². The number of carbonyl (C=O) groups is 1. The molecule has 8 N–H and O–H groups in total. The fourth-order valence-electron chi connectivity index (χ4n) is 1.87. The van der Waals surface area contributed by atoms with Crippen molar-refractivity contribution in [2.24, 2.45) is 11.6 Å². The molecule has 116 valence electrons. The van der Waals surface area contributed by atoms with E-state index in [2.05, 4.69) is 15.4 Å². The van der Waals surface area contributed by atoms with Crippen LogP contribution in [0.1, 0.15) is 17.3 Å². The summed E-state index contributed by atoms with van der Waals surface area (Å²) in [5.74, 6) is 5.30. The number of benzene rings is 1. The maximum absolute atomic E-state index is 11.8. The number of nitrogen functional groups attached to an aromatic ring is 2. The number of hydrogen-bond acceptors (Lipinski definition) is 7. The molecule has 2 rings (SSSR count). The van der Waals surface area contributed by atoms with Gasteiger partial charge < -0.3 is 26.6 Å². The van der Waals surface area contributed by atoms with Crippen LogP contribution in [0, 0.1) is 0 Å². The van der Waals surface area contributed by atoms with Crippen LogP contribution < -0.4 is 33.0 Å². The number of amides is 1. The van der Waals surface area contributed by atoms with Crippen LogP contribution in [-0.4, -0.2) is 22.5 Å². The van der Waals surface area contributed by atoms with Gasteiger partial charge in [-0.2, -0.15) is 0 Å². The smallest absolute Gasteiger partial charge is 0.276 e. The van der Waals surface area contributed by atoms with Gasteiger partial charge in [-0.15, -0.1) is 0 Å². The Labute approximate surface area is 125 Å². The first-order valence-corrected chi connectivity index (χ1v) is 6.41. The summed E-state index contributed by atoms with van der Waals surface area (Å²) in [6.45, 7) is 2.14. The van der Waals surface area contributed by atoms with E-state index in [0.717, 1.165) is 0 Å². The molecular formula is C13H16N6O3.